The summed E-state index contributed by atoms with van der Waals surface area (Å²) in [6.45, 7) is 14.6. The Morgan fingerprint density at radius 2 is 1.75 bits per heavy atom. The molecular formula is C26H41N3O6S. The normalized spacial score (nSPS) is 12.9. The molecule has 2 N–H and O–H groups in total. The third-order valence-electron chi connectivity index (χ3n) is 5.16. The number of aryl methyl sites for hydroxylation is 2. The quantitative estimate of drug-likeness (QED) is 0.302. The topological polar surface area (TPSA) is 114 Å². The van der Waals surface area contributed by atoms with Crippen LogP contribution in [0.25, 0.3) is 0 Å². The second kappa shape index (κ2) is 14.1. The van der Waals surface area contributed by atoms with Gasteiger partial charge in [0.25, 0.3) is 0 Å². The number of alkyl carbamates (subject to hydrolysis) is 1. The molecule has 1 rings (SSSR count). The number of benzene rings is 1. The number of rotatable bonds is 11. The molecular weight excluding hydrogens is 482 g/mol. The first-order chi connectivity index (χ1) is 16.7. The van der Waals surface area contributed by atoms with Crippen LogP contribution in [-0.2, 0) is 23.9 Å². The highest BCUT2D eigenvalue weighted by Crippen LogP contribution is 2.28. The first-order valence-corrected chi connectivity index (χ1v) is 12.8. The van der Waals surface area contributed by atoms with E-state index in [2.05, 4.69) is 23.3 Å². The Balaban J connectivity index is 3.34. The van der Waals surface area contributed by atoms with E-state index in [9.17, 15) is 19.2 Å². The number of carbonyl (C=O) groups excluding carboxylic acids is 4. The van der Waals surface area contributed by atoms with E-state index in [1.54, 1.807) is 41.5 Å². The lowest BCUT2D eigenvalue weighted by Crippen LogP contribution is -2.56. The molecule has 36 heavy (non-hydrogen) atoms. The number of carbonyl (C=O) groups is 4. The monoisotopic (exact) mass is 523 g/mol. The fourth-order valence-corrected chi connectivity index (χ4v) is 3.91. The van der Waals surface area contributed by atoms with Crippen molar-refractivity contribution in [1.29, 1.82) is 0 Å². The molecule has 0 saturated carbocycles. The fourth-order valence-electron chi connectivity index (χ4n) is 3.66. The summed E-state index contributed by atoms with van der Waals surface area (Å²) in [5.41, 5.74) is 1.75. The average Bonchev–Trinajstić information content (AvgIpc) is 2.74. The van der Waals surface area contributed by atoms with E-state index in [-0.39, 0.29) is 25.3 Å². The van der Waals surface area contributed by atoms with Crippen LogP contribution in [0.4, 0.5) is 4.79 Å². The molecule has 0 saturated heterocycles. The molecule has 1 aromatic rings. The number of hydrogen-bond acceptors (Lipinski definition) is 7. The van der Waals surface area contributed by atoms with Gasteiger partial charge in [0.2, 0.25) is 11.8 Å². The number of hydrogen-bond donors (Lipinski definition) is 3. The lowest BCUT2D eigenvalue weighted by molar-refractivity contribution is -0.145. The van der Waals surface area contributed by atoms with Crippen LogP contribution in [-0.4, -0.2) is 65.4 Å². The molecule has 0 aliphatic heterocycles. The molecule has 0 fully saturated rings. The predicted octanol–water partition coefficient (Wildman–Crippen LogP) is 3.47. The fraction of sp³-hybridized carbons (Fsp3) is 0.615. The zero-order valence-electron chi connectivity index (χ0n) is 22.6. The van der Waals surface area contributed by atoms with Gasteiger partial charge in [-0.05, 0) is 66.5 Å². The standard InChI is InChI=1S/C26H41N3O6S/c1-9-34-21(30)12-13-27-23(31)22(19-11-10-17(4)14-18(19)5)29(16(2)3)24(32)20(15-36)28-25(33)35-26(6,7)8/h10-11,14,16,20,22,36H,9,12-13,15H2,1-8H3,(H,27,31)(H,28,33). The van der Waals surface area contributed by atoms with E-state index in [0.717, 1.165) is 11.1 Å². The second-order valence-corrected chi connectivity index (χ2v) is 10.2. The van der Waals surface area contributed by atoms with Crippen molar-refractivity contribution in [1.82, 2.24) is 15.5 Å². The van der Waals surface area contributed by atoms with Gasteiger partial charge in [0.05, 0.1) is 13.0 Å². The highest BCUT2D eigenvalue weighted by Gasteiger charge is 2.38. The summed E-state index contributed by atoms with van der Waals surface area (Å²) in [6, 6.07) is 3.21. The minimum absolute atomic E-state index is 0.00533. The van der Waals surface area contributed by atoms with Crippen LogP contribution in [0, 0.1) is 13.8 Å². The van der Waals surface area contributed by atoms with Gasteiger partial charge in [-0.25, -0.2) is 4.79 Å². The molecule has 1 aromatic carbocycles. The van der Waals surface area contributed by atoms with Crippen molar-refractivity contribution >= 4 is 36.5 Å². The summed E-state index contributed by atoms with van der Waals surface area (Å²) in [6.07, 6.45) is -0.741. The maximum absolute atomic E-state index is 13.7. The Hall–Kier alpha value is -2.75. The molecule has 3 amide bonds. The van der Waals surface area contributed by atoms with Crippen molar-refractivity contribution in [2.24, 2.45) is 0 Å². The molecule has 2 unspecified atom stereocenters. The molecule has 0 spiro atoms. The zero-order chi connectivity index (χ0) is 27.6. The van der Waals surface area contributed by atoms with E-state index in [1.165, 1.54) is 4.90 Å². The van der Waals surface area contributed by atoms with E-state index in [4.69, 9.17) is 9.47 Å². The van der Waals surface area contributed by atoms with Crippen LogP contribution in [0.15, 0.2) is 18.2 Å². The molecule has 0 aromatic heterocycles. The van der Waals surface area contributed by atoms with Gasteiger partial charge in [-0.1, -0.05) is 23.8 Å². The minimum atomic E-state index is -1.02. The molecule has 0 bridgehead atoms. The molecule has 2 atom stereocenters. The number of esters is 1. The van der Waals surface area contributed by atoms with Crippen molar-refractivity contribution < 1.29 is 28.7 Å². The van der Waals surface area contributed by atoms with Crippen LogP contribution in [0.1, 0.15) is 70.7 Å². The Morgan fingerprint density at radius 3 is 2.25 bits per heavy atom. The first kappa shape index (κ1) is 31.3. The highest BCUT2D eigenvalue weighted by atomic mass is 32.1. The van der Waals surface area contributed by atoms with Crippen LogP contribution in [0.2, 0.25) is 0 Å². The molecule has 0 aliphatic carbocycles. The number of amides is 3. The van der Waals surface area contributed by atoms with Crippen molar-refractivity contribution in [2.45, 2.75) is 85.5 Å². The van der Waals surface area contributed by atoms with Crippen LogP contribution < -0.4 is 10.6 Å². The second-order valence-electron chi connectivity index (χ2n) is 9.83. The number of thiol groups is 1. The van der Waals surface area contributed by atoms with Gasteiger partial charge in [0, 0.05) is 18.3 Å². The number of nitrogens with zero attached hydrogens (tertiary/aromatic N) is 1. The Labute approximate surface area is 220 Å². The lowest BCUT2D eigenvalue weighted by Gasteiger charge is -2.37. The Bertz CT molecular complexity index is 929. The van der Waals surface area contributed by atoms with Crippen molar-refractivity contribution in [3.63, 3.8) is 0 Å². The third kappa shape index (κ3) is 9.72. The lowest BCUT2D eigenvalue weighted by atomic mass is 9.95. The average molecular weight is 524 g/mol. The maximum atomic E-state index is 13.7. The number of nitrogens with one attached hydrogen (secondary N) is 2. The van der Waals surface area contributed by atoms with E-state index >= 15 is 0 Å². The summed E-state index contributed by atoms with van der Waals surface area (Å²) in [5.74, 6) is -1.33. The van der Waals surface area contributed by atoms with Gasteiger partial charge >= 0.3 is 12.1 Å². The Kier molecular flexibility index (Phi) is 12.3. The zero-order valence-corrected chi connectivity index (χ0v) is 23.5. The molecule has 0 heterocycles. The van der Waals surface area contributed by atoms with Crippen LogP contribution in [0.3, 0.4) is 0 Å². The SMILES string of the molecule is CCOC(=O)CCNC(=O)C(c1ccc(C)cc1C)N(C(=O)C(CS)NC(=O)OC(C)(C)C)C(C)C. The van der Waals surface area contributed by atoms with Crippen LogP contribution >= 0.6 is 12.6 Å². The molecule has 0 radical (unpaired) electrons. The molecule has 10 heteroatoms. The van der Waals surface area contributed by atoms with Gasteiger partial charge in [0.1, 0.15) is 17.7 Å². The van der Waals surface area contributed by atoms with Gasteiger partial charge in [-0.15, -0.1) is 0 Å². The van der Waals surface area contributed by atoms with E-state index < -0.39 is 47.6 Å². The van der Waals surface area contributed by atoms with Crippen molar-refractivity contribution in [3.05, 3.63) is 34.9 Å². The Morgan fingerprint density at radius 1 is 1.11 bits per heavy atom. The predicted molar refractivity (Wildman–Crippen MR) is 142 cm³/mol. The van der Waals surface area contributed by atoms with Crippen molar-refractivity contribution in [2.75, 3.05) is 18.9 Å². The summed E-state index contributed by atoms with van der Waals surface area (Å²) in [4.78, 5) is 52.8. The third-order valence-corrected chi connectivity index (χ3v) is 5.53. The molecule has 9 nitrogen and oxygen atoms in total. The van der Waals surface area contributed by atoms with Gasteiger partial charge in [0.15, 0.2) is 0 Å². The van der Waals surface area contributed by atoms with Crippen LogP contribution in [0.5, 0.6) is 0 Å². The van der Waals surface area contributed by atoms with Gasteiger partial charge in [-0.3, -0.25) is 14.4 Å². The summed E-state index contributed by atoms with van der Waals surface area (Å²) < 4.78 is 10.2. The minimum Gasteiger partial charge on any atom is -0.466 e. The highest BCUT2D eigenvalue weighted by molar-refractivity contribution is 7.80. The largest absolute Gasteiger partial charge is 0.466 e. The van der Waals surface area contributed by atoms with Gasteiger partial charge in [-0.2, -0.15) is 12.6 Å². The summed E-state index contributed by atoms with van der Waals surface area (Å²) in [5, 5.41) is 5.34. The smallest absolute Gasteiger partial charge is 0.408 e. The van der Waals surface area contributed by atoms with E-state index in [1.807, 2.05) is 32.0 Å². The number of ether oxygens (including phenoxy) is 2. The molecule has 202 valence electrons. The molecule has 0 aliphatic rings. The van der Waals surface area contributed by atoms with Gasteiger partial charge < -0.3 is 25.0 Å². The first-order valence-electron chi connectivity index (χ1n) is 12.1. The van der Waals surface area contributed by atoms with Crippen molar-refractivity contribution in [3.8, 4) is 0 Å². The summed E-state index contributed by atoms with van der Waals surface area (Å²) >= 11 is 4.27. The van der Waals surface area contributed by atoms with E-state index in [0.29, 0.717) is 5.56 Å². The maximum Gasteiger partial charge on any atom is 0.408 e. The summed E-state index contributed by atoms with van der Waals surface area (Å²) in [7, 11) is 0.